The summed E-state index contributed by atoms with van der Waals surface area (Å²) in [6.45, 7) is 13.8. The molecule has 1 N–H and O–H groups in total. The van der Waals surface area contributed by atoms with Gasteiger partial charge in [0.05, 0.1) is 0 Å². The van der Waals surface area contributed by atoms with Gasteiger partial charge in [0, 0.05) is 18.8 Å². The minimum Gasteiger partial charge on any atom is -0.388 e. The van der Waals surface area contributed by atoms with E-state index in [0.717, 1.165) is 25.2 Å². The predicted octanol–water partition coefficient (Wildman–Crippen LogP) is 10.4. The van der Waals surface area contributed by atoms with Crippen LogP contribution in [0, 0.1) is 17.2 Å². The maximum absolute atomic E-state index is 13.2. The van der Waals surface area contributed by atoms with Gasteiger partial charge in [-0.25, -0.2) is 4.39 Å². The molecule has 2 aliphatic carbocycles. The standard InChI is InChI=1S/C22H27F.C9H13N.C3H3F3/c1-15(2)11-19-14-22(4)16(3)5-8-20(22)13-18(19)12-17-6-9-21(23)10-7-17;1-3-8-6-4-5-7-9(8)10-2;1-2-3(4,5)6/h6-7,9-11,13,16H,5,8,12,14H2,1-4H3;4-7,10H,3H2,1-2H3;2H,1H2. The van der Waals surface area contributed by atoms with Crippen molar-refractivity contribution < 1.29 is 17.6 Å². The molecule has 1 nitrogen and oxygen atoms in total. The zero-order chi connectivity index (χ0) is 29.2. The van der Waals surface area contributed by atoms with Gasteiger partial charge in [0.25, 0.3) is 0 Å². The van der Waals surface area contributed by atoms with Crippen LogP contribution in [0.15, 0.2) is 95.6 Å². The minimum atomic E-state index is -4.19. The van der Waals surface area contributed by atoms with Crippen molar-refractivity contribution in [3.63, 3.8) is 0 Å². The number of alkyl halides is 3. The van der Waals surface area contributed by atoms with E-state index in [9.17, 15) is 17.6 Å². The van der Waals surface area contributed by atoms with Crippen molar-refractivity contribution in [1.82, 2.24) is 0 Å². The van der Waals surface area contributed by atoms with Crippen LogP contribution in [0.3, 0.4) is 0 Å². The first-order chi connectivity index (χ1) is 18.3. The van der Waals surface area contributed by atoms with Gasteiger partial charge in [-0.05, 0) is 97.8 Å². The molecule has 1 saturated carbocycles. The molecule has 5 heteroatoms. The van der Waals surface area contributed by atoms with Crippen LogP contribution >= 0.6 is 0 Å². The smallest absolute Gasteiger partial charge is 0.388 e. The molecule has 2 aromatic rings. The lowest BCUT2D eigenvalue weighted by Gasteiger charge is -2.36. The molecule has 39 heavy (non-hydrogen) atoms. The van der Waals surface area contributed by atoms with Gasteiger partial charge in [-0.3, -0.25) is 0 Å². The Bertz CT molecular complexity index is 1160. The molecule has 0 aromatic heterocycles. The summed E-state index contributed by atoms with van der Waals surface area (Å²) in [5.41, 5.74) is 9.99. The fourth-order valence-electron chi connectivity index (χ4n) is 5.18. The first-order valence-electron chi connectivity index (χ1n) is 13.6. The van der Waals surface area contributed by atoms with Gasteiger partial charge >= 0.3 is 6.18 Å². The Hall–Kier alpha value is -3.08. The normalized spacial score (nSPS) is 19.9. The highest BCUT2D eigenvalue weighted by molar-refractivity contribution is 5.50. The first-order valence-corrected chi connectivity index (χ1v) is 13.6. The van der Waals surface area contributed by atoms with Crippen molar-refractivity contribution in [2.45, 2.75) is 72.9 Å². The van der Waals surface area contributed by atoms with E-state index in [4.69, 9.17) is 0 Å². The van der Waals surface area contributed by atoms with Crippen molar-refractivity contribution in [1.29, 1.82) is 0 Å². The Morgan fingerprint density at radius 3 is 2.23 bits per heavy atom. The number of benzene rings is 2. The summed E-state index contributed by atoms with van der Waals surface area (Å²) in [5.74, 6) is 0.591. The number of aryl methyl sites for hydroxylation is 1. The summed E-state index contributed by atoms with van der Waals surface area (Å²) in [6.07, 6.45) is 6.20. The van der Waals surface area contributed by atoms with E-state index in [1.807, 2.05) is 25.2 Å². The van der Waals surface area contributed by atoms with E-state index >= 15 is 0 Å². The molecule has 0 aliphatic heterocycles. The van der Waals surface area contributed by atoms with Gasteiger partial charge in [0.1, 0.15) is 5.82 Å². The highest BCUT2D eigenvalue weighted by Gasteiger charge is 2.42. The second-order valence-corrected chi connectivity index (χ2v) is 10.8. The van der Waals surface area contributed by atoms with Crippen LogP contribution in [0.25, 0.3) is 0 Å². The van der Waals surface area contributed by atoms with Crippen molar-refractivity contribution in [2.75, 3.05) is 12.4 Å². The molecule has 0 saturated heterocycles. The highest BCUT2D eigenvalue weighted by atomic mass is 19.4. The Morgan fingerprint density at radius 2 is 1.72 bits per heavy atom. The van der Waals surface area contributed by atoms with Gasteiger partial charge in [-0.15, -0.1) is 0 Å². The molecular weight excluding hydrogens is 498 g/mol. The molecule has 0 heterocycles. The second-order valence-electron chi connectivity index (χ2n) is 10.8. The molecule has 0 amide bonds. The number of hydrogen-bond acceptors (Lipinski definition) is 1. The molecule has 2 unspecified atom stereocenters. The summed E-state index contributed by atoms with van der Waals surface area (Å²) in [5, 5.41) is 3.15. The Balaban J connectivity index is 0.000000275. The number of anilines is 1. The van der Waals surface area contributed by atoms with Crippen molar-refractivity contribution in [2.24, 2.45) is 11.3 Å². The molecule has 0 radical (unpaired) electrons. The molecule has 2 atom stereocenters. The third-order valence-electron chi connectivity index (χ3n) is 7.66. The molecule has 1 fully saturated rings. The van der Waals surface area contributed by atoms with Gasteiger partial charge in [0.2, 0.25) is 0 Å². The van der Waals surface area contributed by atoms with Gasteiger partial charge in [-0.2, -0.15) is 13.2 Å². The number of para-hydroxylation sites is 1. The lowest BCUT2D eigenvalue weighted by Crippen LogP contribution is -2.25. The Labute approximate surface area is 232 Å². The maximum atomic E-state index is 13.2. The summed E-state index contributed by atoms with van der Waals surface area (Å²) in [7, 11) is 1.95. The third kappa shape index (κ3) is 9.56. The van der Waals surface area contributed by atoms with Gasteiger partial charge in [0.15, 0.2) is 0 Å². The fraction of sp³-hybridized carbons (Fsp3) is 0.412. The van der Waals surface area contributed by atoms with Crippen molar-refractivity contribution >= 4 is 5.69 Å². The third-order valence-corrected chi connectivity index (χ3v) is 7.66. The predicted molar refractivity (Wildman–Crippen MR) is 157 cm³/mol. The topological polar surface area (TPSA) is 12.0 Å². The van der Waals surface area contributed by atoms with E-state index in [1.165, 1.54) is 46.4 Å². The van der Waals surface area contributed by atoms with E-state index < -0.39 is 6.18 Å². The van der Waals surface area contributed by atoms with Crippen LogP contribution in [0.2, 0.25) is 0 Å². The van der Waals surface area contributed by atoms with Gasteiger partial charge in [-0.1, -0.05) is 81.0 Å². The van der Waals surface area contributed by atoms with E-state index in [0.29, 0.717) is 5.41 Å². The average Bonchev–Trinajstić information content (AvgIpc) is 3.18. The molecule has 2 aromatic carbocycles. The molecule has 0 spiro atoms. The monoisotopic (exact) mass is 541 g/mol. The highest BCUT2D eigenvalue weighted by Crippen LogP contribution is 2.54. The largest absolute Gasteiger partial charge is 0.409 e. The Morgan fingerprint density at radius 1 is 1.10 bits per heavy atom. The zero-order valence-electron chi connectivity index (χ0n) is 24.2. The number of allylic oxidation sites excluding steroid dienone is 7. The van der Waals surface area contributed by atoms with Crippen LogP contribution in [0.4, 0.5) is 23.2 Å². The SMILES string of the molecule is C=CC(F)(F)F.CC(C)=CC1=C(Cc2ccc(F)cc2)C=C2CCC(C)C2(C)C1.CCc1ccccc1NC. The number of fused-ring (bicyclic) bond motifs is 1. The van der Waals surface area contributed by atoms with Crippen LogP contribution in [-0.4, -0.2) is 13.2 Å². The molecule has 4 rings (SSSR count). The maximum Gasteiger partial charge on any atom is 0.409 e. The number of nitrogens with one attached hydrogen (secondary N) is 1. The summed E-state index contributed by atoms with van der Waals surface area (Å²) in [4.78, 5) is 0. The average molecular weight is 542 g/mol. The van der Waals surface area contributed by atoms with Crippen LogP contribution < -0.4 is 5.32 Å². The molecule has 212 valence electrons. The van der Waals surface area contributed by atoms with E-state index in [-0.39, 0.29) is 11.9 Å². The van der Waals surface area contributed by atoms with E-state index in [1.54, 1.807) is 17.7 Å². The summed E-state index contributed by atoms with van der Waals surface area (Å²) in [6, 6.07) is 15.3. The number of hydrogen-bond donors (Lipinski definition) is 1. The summed E-state index contributed by atoms with van der Waals surface area (Å²) < 4.78 is 45.2. The van der Waals surface area contributed by atoms with Crippen LogP contribution in [-0.2, 0) is 12.8 Å². The number of halogens is 4. The van der Waals surface area contributed by atoms with Gasteiger partial charge < -0.3 is 5.32 Å². The minimum absolute atomic E-state index is 0.0625. The lowest BCUT2D eigenvalue weighted by molar-refractivity contribution is -0.0795. The zero-order valence-corrected chi connectivity index (χ0v) is 24.2. The Kier molecular flexibility index (Phi) is 11.8. The number of rotatable bonds is 5. The summed E-state index contributed by atoms with van der Waals surface area (Å²) >= 11 is 0. The molecule has 0 bridgehead atoms. The molecule has 2 aliphatic rings. The van der Waals surface area contributed by atoms with E-state index in [2.05, 4.69) is 76.9 Å². The lowest BCUT2D eigenvalue weighted by atomic mass is 9.68. The molecular formula is C34H43F4N. The first kappa shape index (κ1) is 32.1. The van der Waals surface area contributed by atoms with Crippen LogP contribution in [0.5, 0.6) is 0 Å². The fourth-order valence-corrected chi connectivity index (χ4v) is 5.18. The van der Waals surface area contributed by atoms with Crippen molar-refractivity contribution in [3.05, 3.63) is 113 Å². The van der Waals surface area contributed by atoms with Crippen molar-refractivity contribution in [3.8, 4) is 0 Å². The van der Waals surface area contributed by atoms with Crippen LogP contribution in [0.1, 0.15) is 65.0 Å². The second kappa shape index (κ2) is 14.3. The quantitative estimate of drug-likeness (QED) is 0.293.